The minimum absolute atomic E-state index is 0.457. The summed E-state index contributed by atoms with van der Waals surface area (Å²) in [5.41, 5.74) is 3.79. The Balaban J connectivity index is 1.74. The summed E-state index contributed by atoms with van der Waals surface area (Å²) in [6, 6.07) is 8.79. The third kappa shape index (κ3) is 2.89. The molecule has 2 nitrogen and oxygen atoms in total. The van der Waals surface area contributed by atoms with Crippen LogP contribution in [0.4, 0.5) is 0 Å². The van der Waals surface area contributed by atoms with Gasteiger partial charge in [0.15, 0.2) is 0 Å². The lowest BCUT2D eigenvalue weighted by molar-refractivity contribution is 0.327. The Morgan fingerprint density at radius 1 is 1.29 bits per heavy atom. The quantitative estimate of drug-likeness (QED) is 0.769. The molecule has 0 spiro atoms. The fourth-order valence-corrected chi connectivity index (χ4v) is 3.91. The summed E-state index contributed by atoms with van der Waals surface area (Å²) in [6.07, 6.45) is 2.64. The molecule has 2 fully saturated rings. The van der Waals surface area contributed by atoms with Crippen LogP contribution in [-0.2, 0) is 0 Å². The first-order valence-corrected chi connectivity index (χ1v) is 8.17. The predicted molar refractivity (Wildman–Crippen MR) is 93.2 cm³/mol. The Kier molecular flexibility index (Phi) is 3.87. The van der Waals surface area contributed by atoms with Gasteiger partial charge in [0.2, 0.25) is 0 Å². The van der Waals surface area contributed by atoms with Crippen molar-refractivity contribution in [3.63, 3.8) is 0 Å². The molecule has 0 amide bonds. The van der Waals surface area contributed by atoms with Crippen LogP contribution >= 0.6 is 0 Å². The van der Waals surface area contributed by atoms with Crippen LogP contribution in [0.15, 0.2) is 30.8 Å². The lowest BCUT2D eigenvalue weighted by atomic mass is 9.60. The smallest absolute Gasteiger partial charge is 0.112 e. The number of benzene rings is 1. The molecule has 2 aliphatic rings. The van der Waals surface area contributed by atoms with Gasteiger partial charge < -0.3 is 9.80 Å². The highest BCUT2D eigenvalue weighted by Gasteiger charge is 2.43. The van der Waals surface area contributed by atoms with Crippen molar-refractivity contribution in [2.75, 3.05) is 33.2 Å². The van der Waals surface area contributed by atoms with Crippen LogP contribution in [0.1, 0.15) is 24.0 Å². The van der Waals surface area contributed by atoms with E-state index in [0.29, 0.717) is 5.31 Å². The fourth-order valence-electron chi connectivity index (χ4n) is 3.91. The zero-order valence-electron chi connectivity index (χ0n) is 13.7. The molecule has 0 aromatic heterocycles. The first-order chi connectivity index (χ1) is 9.98. The van der Waals surface area contributed by atoms with Crippen LogP contribution in [-0.4, -0.2) is 50.9 Å². The summed E-state index contributed by atoms with van der Waals surface area (Å²) in [6.45, 7) is 11.3. The third-order valence-corrected chi connectivity index (χ3v) is 5.67. The van der Waals surface area contributed by atoms with E-state index in [4.69, 9.17) is 0 Å². The van der Waals surface area contributed by atoms with Crippen LogP contribution in [0.2, 0.25) is 5.31 Å². The molecule has 2 atom stereocenters. The highest BCUT2D eigenvalue weighted by Crippen LogP contribution is 2.48. The molecule has 0 bridgehead atoms. The van der Waals surface area contributed by atoms with Crippen molar-refractivity contribution >= 4 is 13.5 Å². The van der Waals surface area contributed by atoms with Crippen molar-refractivity contribution in [2.24, 2.45) is 5.92 Å². The standard InChI is InChI=1S/C18H27BN2/c1-14-4-6-16(7-5-14)15(2)21-12-17-8-10-20(3)11-9-18(17,19)13-21/h4-7,17H,2,8-13,19H2,1,3H3. The number of hydrogen-bond donors (Lipinski definition) is 0. The van der Waals surface area contributed by atoms with Crippen LogP contribution < -0.4 is 0 Å². The average molecular weight is 282 g/mol. The molecule has 3 heteroatoms. The van der Waals surface area contributed by atoms with E-state index in [-0.39, 0.29) is 0 Å². The normalized spacial score (nSPS) is 30.0. The third-order valence-electron chi connectivity index (χ3n) is 5.67. The van der Waals surface area contributed by atoms with E-state index in [1.807, 2.05) is 0 Å². The van der Waals surface area contributed by atoms with E-state index in [0.717, 1.165) is 12.5 Å². The molecule has 1 aromatic rings. The van der Waals surface area contributed by atoms with Crippen LogP contribution in [0.3, 0.4) is 0 Å². The van der Waals surface area contributed by atoms with E-state index in [9.17, 15) is 0 Å². The van der Waals surface area contributed by atoms with Gasteiger partial charge >= 0.3 is 0 Å². The lowest BCUT2D eigenvalue weighted by Crippen LogP contribution is -2.25. The predicted octanol–water partition coefficient (Wildman–Crippen LogP) is 2.41. The van der Waals surface area contributed by atoms with E-state index >= 15 is 0 Å². The summed E-state index contributed by atoms with van der Waals surface area (Å²) in [7, 11) is 4.74. The fraction of sp³-hybridized carbons (Fsp3) is 0.556. The molecule has 3 rings (SSSR count). The highest BCUT2D eigenvalue weighted by atomic mass is 15.2. The molecule has 112 valence electrons. The maximum absolute atomic E-state index is 4.38. The van der Waals surface area contributed by atoms with Gasteiger partial charge in [0.05, 0.1) is 0 Å². The van der Waals surface area contributed by atoms with Crippen molar-refractivity contribution in [3.05, 3.63) is 42.0 Å². The average Bonchev–Trinajstić information content (AvgIpc) is 2.74. The number of nitrogens with zero attached hydrogens (tertiary/aromatic N) is 2. The van der Waals surface area contributed by atoms with Gasteiger partial charge in [0.1, 0.15) is 7.85 Å². The Labute approximate surface area is 130 Å². The first-order valence-electron chi connectivity index (χ1n) is 8.17. The summed E-state index contributed by atoms with van der Waals surface area (Å²) in [5, 5.41) is 0.457. The number of likely N-dealkylation sites (tertiary alicyclic amines) is 2. The summed E-state index contributed by atoms with van der Waals surface area (Å²) in [4.78, 5) is 5.02. The van der Waals surface area contributed by atoms with Crippen LogP contribution in [0.25, 0.3) is 5.70 Å². The van der Waals surface area contributed by atoms with Gasteiger partial charge in [-0.25, -0.2) is 0 Å². The van der Waals surface area contributed by atoms with Crippen molar-refractivity contribution in [1.82, 2.24) is 9.80 Å². The van der Waals surface area contributed by atoms with Gasteiger partial charge in [0, 0.05) is 18.8 Å². The van der Waals surface area contributed by atoms with Gasteiger partial charge in [-0.15, -0.1) is 0 Å². The maximum Gasteiger partial charge on any atom is 0.112 e. The largest absolute Gasteiger partial charge is 0.371 e. The summed E-state index contributed by atoms with van der Waals surface area (Å²) < 4.78 is 0. The van der Waals surface area contributed by atoms with E-state index in [1.54, 1.807) is 0 Å². The van der Waals surface area contributed by atoms with Gasteiger partial charge in [0.25, 0.3) is 0 Å². The SMILES string of the molecule is BC12CCN(C)CCC1CN(C(=C)c1ccc(C)cc1)C2. The Morgan fingerprint density at radius 3 is 2.71 bits per heavy atom. The molecule has 21 heavy (non-hydrogen) atoms. The second-order valence-corrected chi connectivity index (χ2v) is 7.39. The molecule has 2 saturated heterocycles. The zero-order valence-corrected chi connectivity index (χ0v) is 13.7. The van der Waals surface area contributed by atoms with Gasteiger partial charge in [-0.1, -0.05) is 36.4 Å². The summed E-state index contributed by atoms with van der Waals surface area (Å²) >= 11 is 0. The van der Waals surface area contributed by atoms with E-state index in [2.05, 4.69) is 62.5 Å². The monoisotopic (exact) mass is 282 g/mol. The van der Waals surface area contributed by atoms with E-state index in [1.165, 1.54) is 49.3 Å². The number of aryl methyl sites for hydroxylation is 1. The van der Waals surface area contributed by atoms with Crippen LogP contribution in [0, 0.1) is 12.8 Å². The lowest BCUT2D eigenvalue weighted by Gasteiger charge is -2.29. The van der Waals surface area contributed by atoms with Crippen molar-refractivity contribution < 1.29 is 0 Å². The van der Waals surface area contributed by atoms with Gasteiger partial charge in [-0.2, -0.15) is 0 Å². The van der Waals surface area contributed by atoms with Crippen LogP contribution in [0.5, 0.6) is 0 Å². The topological polar surface area (TPSA) is 6.48 Å². The number of rotatable bonds is 2. The molecule has 0 aliphatic carbocycles. The molecule has 2 aliphatic heterocycles. The van der Waals surface area contributed by atoms with Crippen molar-refractivity contribution in [3.8, 4) is 0 Å². The molecular weight excluding hydrogens is 255 g/mol. The molecule has 1 aromatic carbocycles. The van der Waals surface area contributed by atoms with Crippen molar-refractivity contribution in [1.29, 1.82) is 0 Å². The number of hydrogen-bond acceptors (Lipinski definition) is 2. The van der Waals surface area contributed by atoms with Gasteiger partial charge in [-0.3, -0.25) is 0 Å². The first kappa shape index (κ1) is 14.7. The van der Waals surface area contributed by atoms with E-state index < -0.39 is 0 Å². The Morgan fingerprint density at radius 2 is 2.00 bits per heavy atom. The zero-order chi connectivity index (χ0) is 15.0. The molecule has 0 saturated carbocycles. The second-order valence-electron chi connectivity index (χ2n) is 7.39. The molecule has 2 heterocycles. The Bertz CT molecular complexity index is 525. The van der Waals surface area contributed by atoms with Gasteiger partial charge in [-0.05, 0) is 56.7 Å². The van der Waals surface area contributed by atoms with Crippen molar-refractivity contribution in [2.45, 2.75) is 25.1 Å². The highest BCUT2D eigenvalue weighted by molar-refractivity contribution is 6.16. The second kappa shape index (κ2) is 5.53. The minimum atomic E-state index is 0.457. The molecule has 2 unspecified atom stereocenters. The minimum Gasteiger partial charge on any atom is -0.371 e. The molecule has 0 radical (unpaired) electrons. The molecular formula is C18H27BN2. The summed E-state index contributed by atoms with van der Waals surface area (Å²) in [5.74, 6) is 0.810. The molecule has 0 N–H and O–H groups in total. The Hall–Kier alpha value is -1.22. The number of fused-ring (bicyclic) bond motifs is 1. The maximum atomic E-state index is 4.38.